The zero-order valence-corrected chi connectivity index (χ0v) is 8.08. The van der Waals surface area contributed by atoms with Gasteiger partial charge in [-0.25, -0.2) is 0 Å². The van der Waals surface area contributed by atoms with E-state index in [1.165, 1.54) is 0 Å². The molecular weight excluding hydrogens is 156 g/mol. The molecule has 0 bridgehead atoms. The average Bonchev–Trinajstić information content (AvgIpc) is 2.06. The lowest BCUT2D eigenvalue weighted by atomic mass is 10.3. The lowest BCUT2D eigenvalue weighted by Crippen LogP contribution is -2.18. The Morgan fingerprint density at radius 2 is 1.92 bits per heavy atom. The van der Waals surface area contributed by atoms with Crippen molar-refractivity contribution in [3.05, 3.63) is 0 Å². The number of unbranched alkanes of at least 4 members (excludes halogenated alkanes) is 1. The van der Waals surface area contributed by atoms with Gasteiger partial charge in [0.1, 0.15) is 6.79 Å². The van der Waals surface area contributed by atoms with Crippen LogP contribution in [0.4, 0.5) is 0 Å². The molecule has 0 aromatic carbocycles. The van der Waals surface area contributed by atoms with Crippen LogP contribution in [0.25, 0.3) is 0 Å². The third-order valence-electron chi connectivity index (χ3n) is 1.59. The Labute approximate surface area is 74.7 Å². The first-order chi connectivity index (χ1) is 5.85. The highest BCUT2D eigenvalue weighted by Gasteiger charge is 2.06. The third-order valence-corrected chi connectivity index (χ3v) is 1.59. The predicted molar refractivity (Wildman–Crippen MR) is 47.7 cm³/mol. The average molecular weight is 176 g/mol. The predicted octanol–water partition coefficient (Wildman–Crippen LogP) is 1.90. The molecule has 0 spiro atoms. The molecule has 0 aromatic rings. The fourth-order valence-corrected chi connectivity index (χ4v) is 0.893. The number of hydrogen-bond donors (Lipinski definition) is 1. The smallest absolute Gasteiger partial charge is 0.160 e. The van der Waals surface area contributed by atoms with Gasteiger partial charge in [-0.1, -0.05) is 26.7 Å². The third kappa shape index (κ3) is 6.58. The molecule has 0 aromatic heterocycles. The van der Waals surface area contributed by atoms with Gasteiger partial charge in [-0.15, -0.1) is 0 Å². The van der Waals surface area contributed by atoms with E-state index in [0.29, 0.717) is 0 Å². The molecule has 0 radical (unpaired) electrons. The Morgan fingerprint density at radius 1 is 1.17 bits per heavy atom. The summed E-state index contributed by atoms with van der Waals surface area (Å²) in [5.41, 5.74) is 0. The van der Waals surface area contributed by atoms with Crippen LogP contribution in [0.5, 0.6) is 0 Å². The summed E-state index contributed by atoms with van der Waals surface area (Å²) < 4.78 is 10.3. The molecule has 1 unspecified atom stereocenters. The Balaban J connectivity index is 3.34. The molecule has 74 valence electrons. The van der Waals surface area contributed by atoms with Crippen molar-refractivity contribution < 1.29 is 14.6 Å². The second-order valence-electron chi connectivity index (χ2n) is 2.74. The highest BCUT2D eigenvalue weighted by atomic mass is 16.7. The second kappa shape index (κ2) is 8.97. The Morgan fingerprint density at radius 3 is 2.42 bits per heavy atom. The van der Waals surface area contributed by atoms with Crippen LogP contribution in [0, 0.1) is 0 Å². The quantitative estimate of drug-likeness (QED) is 0.453. The highest BCUT2D eigenvalue weighted by molar-refractivity contribution is 4.42. The van der Waals surface area contributed by atoms with E-state index >= 15 is 0 Å². The van der Waals surface area contributed by atoms with Crippen LogP contribution in [0.3, 0.4) is 0 Å². The molecule has 3 nitrogen and oxygen atoms in total. The monoisotopic (exact) mass is 176 g/mol. The fraction of sp³-hybridized carbons (Fsp3) is 1.00. The standard InChI is InChI=1S/C9H20O3/c1-3-5-7-11-9(6-4-2)12-8-10/h9-10H,3-8H2,1-2H3. The van der Waals surface area contributed by atoms with Gasteiger partial charge in [0.2, 0.25) is 0 Å². The normalized spacial score (nSPS) is 13.2. The van der Waals surface area contributed by atoms with E-state index in [0.717, 1.165) is 32.3 Å². The van der Waals surface area contributed by atoms with Crippen molar-refractivity contribution in [3.63, 3.8) is 0 Å². The van der Waals surface area contributed by atoms with Crippen molar-refractivity contribution in [2.75, 3.05) is 13.4 Å². The minimum Gasteiger partial charge on any atom is -0.371 e. The van der Waals surface area contributed by atoms with Gasteiger partial charge in [0.25, 0.3) is 0 Å². The summed E-state index contributed by atoms with van der Waals surface area (Å²) in [6.07, 6.45) is 3.82. The molecule has 0 rings (SSSR count). The van der Waals surface area contributed by atoms with Gasteiger partial charge >= 0.3 is 0 Å². The van der Waals surface area contributed by atoms with Crippen LogP contribution < -0.4 is 0 Å². The number of ether oxygens (including phenoxy) is 2. The van der Waals surface area contributed by atoms with Crippen LogP contribution in [0.1, 0.15) is 39.5 Å². The number of aliphatic hydroxyl groups is 1. The first kappa shape index (κ1) is 11.9. The molecule has 0 heterocycles. The summed E-state index contributed by atoms with van der Waals surface area (Å²) in [5, 5.41) is 8.52. The zero-order chi connectivity index (χ0) is 9.23. The minimum atomic E-state index is -0.253. The topological polar surface area (TPSA) is 38.7 Å². The molecule has 0 saturated heterocycles. The van der Waals surface area contributed by atoms with Crippen molar-refractivity contribution in [3.8, 4) is 0 Å². The second-order valence-corrected chi connectivity index (χ2v) is 2.74. The molecule has 0 aliphatic heterocycles. The maximum atomic E-state index is 8.52. The fourth-order valence-electron chi connectivity index (χ4n) is 0.893. The molecule has 1 atom stereocenters. The summed E-state index contributed by atoms with van der Waals surface area (Å²) in [7, 11) is 0. The lowest BCUT2D eigenvalue weighted by Gasteiger charge is -2.15. The van der Waals surface area contributed by atoms with Crippen LogP contribution in [-0.2, 0) is 9.47 Å². The molecule has 0 fully saturated rings. The van der Waals surface area contributed by atoms with Gasteiger partial charge in [0, 0.05) is 6.61 Å². The lowest BCUT2D eigenvalue weighted by molar-refractivity contribution is -0.184. The van der Waals surface area contributed by atoms with Crippen molar-refractivity contribution in [1.29, 1.82) is 0 Å². The molecular formula is C9H20O3. The van der Waals surface area contributed by atoms with Crippen molar-refractivity contribution >= 4 is 0 Å². The van der Waals surface area contributed by atoms with E-state index < -0.39 is 0 Å². The van der Waals surface area contributed by atoms with Gasteiger partial charge in [-0.3, -0.25) is 0 Å². The summed E-state index contributed by atoms with van der Waals surface area (Å²) in [5.74, 6) is 0. The Kier molecular flexibility index (Phi) is 8.88. The first-order valence-corrected chi connectivity index (χ1v) is 4.69. The number of rotatable bonds is 8. The SMILES string of the molecule is CCCCOC(CCC)OCO. The summed E-state index contributed by atoms with van der Waals surface area (Å²) in [6.45, 7) is 4.65. The van der Waals surface area contributed by atoms with Gasteiger partial charge < -0.3 is 14.6 Å². The van der Waals surface area contributed by atoms with Crippen molar-refractivity contribution in [2.24, 2.45) is 0 Å². The van der Waals surface area contributed by atoms with Crippen molar-refractivity contribution in [2.45, 2.75) is 45.8 Å². The zero-order valence-electron chi connectivity index (χ0n) is 8.08. The minimum absolute atomic E-state index is 0.216. The summed E-state index contributed by atoms with van der Waals surface area (Å²) in [6, 6.07) is 0. The van der Waals surface area contributed by atoms with Crippen LogP contribution in [0.15, 0.2) is 0 Å². The largest absolute Gasteiger partial charge is 0.371 e. The van der Waals surface area contributed by atoms with E-state index in [1.807, 2.05) is 0 Å². The highest BCUT2D eigenvalue weighted by Crippen LogP contribution is 2.04. The maximum absolute atomic E-state index is 8.52. The van der Waals surface area contributed by atoms with Gasteiger partial charge in [-0.05, 0) is 12.8 Å². The van der Waals surface area contributed by atoms with Crippen LogP contribution >= 0.6 is 0 Å². The van der Waals surface area contributed by atoms with Gasteiger partial charge in [0.15, 0.2) is 6.29 Å². The number of hydrogen-bond acceptors (Lipinski definition) is 3. The molecule has 0 aliphatic rings. The van der Waals surface area contributed by atoms with Crippen LogP contribution in [0.2, 0.25) is 0 Å². The summed E-state index contributed by atoms with van der Waals surface area (Å²) >= 11 is 0. The van der Waals surface area contributed by atoms with Crippen LogP contribution in [-0.4, -0.2) is 24.8 Å². The maximum Gasteiger partial charge on any atom is 0.160 e. The van der Waals surface area contributed by atoms with E-state index in [9.17, 15) is 0 Å². The van der Waals surface area contributed by atoms with E-state index in [1.54, 1.807) is 0 Å². The first-order valence-electron chi connectivity index (χ1n) is 4.69. The van der Waals surface area contributed by atoms with Gasteiger partial charge in [0.05, 0.1) is 0 Å². The molecule has 0 amide bonds. The molecule has 1 N–H and O–H groups in total. The molecule has 12 heavy (non-hydrogen) atoms. The molecule has 0 aliphatic carbocycles. The van der Waals surface area contributed by atoms with Gasteiger partial charge in [-0.2, -0.15) is 0 Å². The summed E-state index contributed by atoms with van der Waals surface area (Å²) in [4.78, 5) is 0. The Bertz CT molecular complexity index is 79.8. The van der Waals surface area contributed by atoms with E-state index in [2.05, 4.69) is 13.8 Å². The Hall–Kier alpha value is -0.120. The van der Waals surface area contributed by atoms with Crippen molar-refractivity contribution in [1.82, 2.24) is 0 Å². The van der Waals surface area contributed by atoms with E-state index in [-0.39, 0.29) is 13.1 Å². The molecule has 3 heteroatoms. The number of aliphatic hydroxyl groups excluding tert-OH is 1. The molecule has 0 saturated carbocycles. The van der Waals surface area contributed by atoms with E-state index in [4.69, 9.17) is 14.6 Å².